The van der Waals surface area contributed by atoms with E-state index in [2.05, 4.69) is 0 Å². The summed E-state index contributed by atoms with van der Waals surface area (Å²) in [7, 11) is 0. The summed E-state index contributed by atoms with van der Waals surface area (Å²) in [4.78, 5) is 13.0. The lowest BCUT2D eigenvalue weighted by molar-refractivity contribution is 0.0854. The summed E-state index contributed by atoms with van der Waals surface area (Å²) in [6, 6.07) is 3.52. The van der Waals surface area contributed by atoms with Gasteiger partial charge in [0, 0.05) is 13.1 Å². The fourth-order valence-electron chi connectivity index (χ4n) is 0.958. The second-order valence-corrected chi connectivity index (χ2v) is 2.70. The highest BCUT2D eigenvalue weighted by Crippen LogP contribution is 2.14. The molecule has 0 atom stereocenters. The molecule has 0 aromatic carbocycles. The van der Waals surface area contributed by atoms with E-state index in [0.717, 1.165) is 18.8 Å². The number of aryl methyl sites for hydroxylation is 1. The number of carbonyl (C=O) groups excluding carboxylic acids is 1. The van der Waals surface area contributed by atoms with E-state index in [1.807, 2.05) is 6.92 Å². The second kappa shape index (κ2) is 2.12. The van der Waals surface area contributed by atoms with Crippen LogP contribution in [0.3, 0.4) is 0 Å². The molecule has 0 aliphatic carbocycles. The molecule has 3 heteroatoms. The average molecular weight is 151 g/mol. The van der Waals surface area contributed by atoms with Crippen LogP contribution < -0.4 is 0 Å². The number of hydrogen-bond donors (Lipinski definition) is 0. The van der Waals surface area contributed by atoms with Gasteiger partial charge in [0.2, 0.25) is 0 Å². The molecule has 2 rings (SSSR count). The first-order chi connectivity index (χ1) is 5.27. The Labute approximate surface area is 64.6 Å². The average Bonchev–Trinajstić information content (AvgIpc) is 2.74. The molecule has 0 unspecified atom stereocenters. The van der Waals surface area contributed by atoms with Crippen LogP contribution in [0.1, 0.15) is 16.3 Å². The van der Waals surface area contributed by atoms with Gasteiger partial charge in [0.05, 0.1) is 0 Å². The molecule has 2 heterocycles. The number of rotatable bonds is 1. The molecule has 3 nitrogen and oxygen atoms in total. The molecule has 1 aromatic heterocycles. The minimum absolute atomic E-state index is 0.0121. The molecule has 1 fully saturated rings. The molecule has 1 amide bonds. The van der Waals surface area contributed by atoms with Crippen LogP contribution in [0.5, 0.6) is 0 Å². The van der Waals surface area contributed by atoms with Crippen molar-refractivity contribution >= 4 is 5.91 Å². The Balaban J connectivity index is 2.21. The van der Waals surface area contributed by atoms with E-state index in [4.69, 9.17) is 4.42 Å². The van der Waals surface area contributed by atoms with Crippen LogP contribution >= 0.6 is 0 Å². The van der Waals surface area contributed by atoms with Gasteiger partial charge in [0.1, 0.15) is 5.76 Å². The molecule has 0 saturated carbocycles. The Bertz CT molecular complexity index is 286. The van der Waals surface area contributed by atoms with E-state index in [-0.39, 0.29) is 5.91 Å². The molecular formula is C8H9NO2. The van der Waals surface area contributed by atoms with Crippen molar-refractivity contribution in [3.63, 3.8) is 0 Å². The van der Waals surface area contributed by atoms with Gasteiger partial charge in [-0.25, -0.2) is 0 Å². The van der Waals surface area contributed by atoms with E-state index in [1.54, 1.807) is 17.0 Å². The topological polar surface area (TPSA) is 33.2 Å². The van der Waals surface area contributed by atoms with Gasteiger partial charge in [-0.05, 0) is 19.1 Å². The van der Waals surface area contributed by atoms with Crippen molar-refractivity contribution in [1.82, 2.24) is 4.90 Å². The molecule has 0 bridgehead atoms. The zero-order chi connectivity index (χ0) is 7.84. The molecule has 1 aliphatic rings. The fraction of sp³-hybridized carbons (Fsp3) is 0.375. The van der Waals surface area contributed by atoms with Gasteiger partial charge in [0.25, 0.3) is 5.91 Å². The van der Waals surface area contributed by atoms with Crippen molar-refractivity contribution in [2.24, 2.45) is 0 Å². The third kappa shape index (κ3) is 1.13. The van der Waals surface area contributed by atoms with E-state index >= 15 is 0 Å². The van der Waals surface area contributed by atoms with Crippen LogP contribution in [0.2, 0.25) is 0 Å². The van der Waals surface area contributed by atoms with Crippen LogP contribution in [0.15, 0.2) is 16.5 Å². The van der Waals surface area contributed by atoms with Gasteiger partial charge < -0.3 is 9.32 Å². The summed E-state index contributed by atoms with van der Waals surface area (Å²) in [5.74, 6) is 1.26. The smallest absolute Gasteiger partial charge is 0.289 e. The van der Waals surface area contributed by atoms with E-state index < -0.39 is 0 Å². The normalized spacial score (nSPS) is 15.2. The molecule has 58 valence electrons. The SMILES string of the molecule is Cc1ccc(C(=O)N2CC2)o1. The Morgan fingerprint density at radius 3 is 2.73 bits per heavy atom. The van der Waals surface area contributed by atoms with E-state index in [0.29, 0.717) is 5.76 Å². The second-order valence-electron chi connectivity index (χ2n) is 2.70. The van der Waals surface area contributed by atoms with Gasteiger partial charge in [-0.2, -0.15) is 0 Å². The monoisotopic (exact) mass is 151 g/mol. The van der Waals surface area contributed by atoms with Gasteiger partial charge in [-0.3, -0.25) is 4.79 Å². The predicted molar refractivity (Wildman–Crippen MR) is 39.3 cm³/mol. The lowest BCUT2D eigenvalue weighted by atomic mass is 10.4. The first kappa shape index (κ1) is 6.46. The summed E-state index contributed by atoms with van der Waals surface area (Å²) in [5.41, 5.74) is 0. The fourth-order valence-corrected chi connectivity index (χ4v) is 0.958. The van der Waals surface area contributed by atoms with Gasteiger partial charge in [0.15, 0.2) is 5.76 Å². The maximum atomic E-state index is 11.3. The van der Waals surface area contributed by atoms with Gasteiger partial charge >= 0.3 is 0 Å². The third-order valence-corrected chi connectivity index (χ3v) is 1.69. The maximum absolute atomic E-state index is 11.3. The number of carbonyl (C=O) groups is 1. The summed E-state index contributed by atoms with van der Waals surface area (Å²) in [5, 5.41) is 0. The van der Waals surface area contributed by atoms with Crippen LogP contribution in [0.25, 0.3) is 0 Å². The zero-order valence-corrected chi connectivity index (χ0v) is 6.33. The molecule has 0 N–H and O–H groups in total. The van der Waals surface area contributed by atoms with Gasteiger partial charge in [-0.1, -0.05) is 0 Å². The lowest BCUT2D eigenvalue weighted by Crippen LogP contribution is -2.08. The first-order valence-corrected chi connectivity index (χ1v) is 3.63. The van der Waals surface area contributed by atoms with Crippen molar-refractivity contribution in [1.29, 1.82) is 0 Å². The quantitative estimate of drug-likeness (QED) is 0.562. The molecule has 1 aliphatic heterocycles. The Kier molecular flexibility index (Phi) is 1.24. The Morgan fingerprint density at radius 1 is 1.55 bits per heavy atom. The molecule has 11 heavy (non-hydrogen) atoms. The third-order valence-electron chi connectivity index (χ3n) is 1.69. The van der Waals surface area contributed by atoms with Crippen molar-refractivity contribution in [2.75, 3.05) is 13.1 Å². The summed E-state index contributed by atoms with van der Waals surface area (Å²) < 4.78 is 5.16. The highest BCUT2D eigenvalue weighted by molar-refractivity contribution is 5.92. The van der Waals surface area contributed by atoms with Crippen LogP contribution in [0, 0.1) is 6.92 Å². The van der Waals surface area contributed by atoms with Crippen LogP contribution in [0.4, 0.5) is 0 Å². The molecular weight excluding hydrogens is 142 g/mol. The highest BCUT2D eigenvalue weighted by Gasteiger charge is 2.27. The number of amides is 1. The zero-order valence-electron chi connectivity index (χ0n) is 6.33. The predicted octanol–water partition coefficient (Wildman–Crippen LogP) is 1.04. The van der Waals surface area contributed by atoms with Crippen LogP contribution in [-0.4, -0.2) is 23.9 Å². The minimum Gasteiger partial charge on any atom is -0.456 e. The summed E-state index contributed by atoms with van der Waals surface area (Å²) >= 11 is 0. The van der Waals surface area contributed by atoms with E-state index in [1.165, 1.54) is 0 Å². The molecule has 1 aromatic rings. The largest absolute Gasteiger partial charge is 0.456 e. The van der Waals surface area contributed by atoms with Crippen molar-refractivity contribution < 1.29 is 9.21 Å². The van der Waals surface area contributed by atoms with Crippen molar-refractivity contribution in [2.45, 2.75) is 6.92 Å². The standard InChI is InChI=1S/C8H9NO2/c1-6-2-3-7(11-6)8(10)9-4-5-9/h2-3H,4-5H2,1H3. The highest BCUT2D eigenvalue weighted by atomic mass is 16.3. The summed E-state index contributed by atoms with van der Waals surface area (Å²) in [6.07, 6.45) is 0. The summed E-state index contributed by atoms with van der Waals surface area (Å²) in [6.45, 7) is 3.58. The van der Waals surface area contributed by atoms with E-state index in [9.17, 15) is 4.79 Å². The van der Waals surface area contributed by atoms with Gasteiger partial charge in [-0.15, -0.1) is 0 Å². The minimum atomic E-state index is 0.0121. The maximum Gasteiger partial charge on any atom is 0.289 e. The van der Waals surface area contributed by atoms with Crippen LogP contribution in [-0.2, 0) is 0 Å². The number of furan rings is 1. The number of nitrogens with zero attached hydrogens (tertiary/aromatic N) is 1. The molecule has 0 radical (unpaired) electrons. The van der Waals surface area contributed by atoms with Crippen molar-refractivity contribution in [3.8, 4) is 0 Å². The lowest BCUT2D eigenvalue weighted by Gasteiger charge is -1.94. The Hall–Kier alpha value is -1.25. The molecule has 0 spiro atoms. The first-order valence-electron chi connectivity index (χ1n) is 3.63. The molecule has 1 saturated heterocycles. The van der Waals surface area contributed by atoms with Crippen molar-refractivity contribution in [3.05, 3.63) is 23.7 Å². The Morgan fingerprint density at radius 2 is 2.27 bits per heavy atom. The number of hydrogen-bond acceptors (Lipinski definition) is 2.